The first-order valence-electron chi connectivity index (χ1n) is 9.09. The summed E-state index contributed by atoms with van der Waals surface area (Å²) in [7, 11) is 0. The number of fused-ring (bicyclic) bond motifs is 1. The molecular formula is C21H19BrN2O3. The van der Waals surface area contributed by atoms with E-state index in [-0.39, 0.29) is 29.6 Å². The van der Waals surface area contributed by atoms with Crippen molar-refractivity contribution in [2.24, 2.45) is 11.8 Å². The van der Waals surface area contributed by atoms with Gasteiger partial charge in [0.05, 0.1) is 17.5 Å². The van der Waals surface area contributed by atoms with Crippen LogP contribution in [0.4, 0.5) is 11.4 Å². The van der Waals surface area contributed by atoms with Crippen LogP contribution in [0.5, 0.6) is 0 Å². The van der Waals surface area contributed by atoms with Crippen molar-refractivity contribution in [2.45, 2.75) is 25.7 Å². The number of nitrogens with zero attached hydrogens (tertiary/aromatic N) is 1. The van der Waals surface area contributed by atoms with E-state index < -0.39 is 0 Å². The maximum atomic E-state index is 12.8. The third-order valence-electron chi connectivity index (χ3n) is 5.31. The van der Waals surface area contributed by atoms with Gasteiger partial charge in [0, 0.05) is 15.7 Å². The average molecular weight is 427 g/mol. The van der Waals surface area contributed by atoms with Crippen molar-refractivity contribution in [3.63, 3.8) is 0 Å². The summed E-state index contributed by atoms with van der Waals surface area (Å²) in [5.41, 5.74) is 1.56. The molecule has 0 radical (unpaired) electrons. The van der Waals surface area contributed by atoms with E-state index in [2.05, 4.69) is 21.2 Å². The predicted molar refractivity (Wildman–Crippen MR) is 106 cm³/mol. The molecule has 3 amide bonds. The lowest BCUT2D eigenvalue weighted by Gasteiger charge is -2.19. The Hall–Kier alpha value is -2.47. The Morgan fingerprint density at radius 2 is 1.59 bits per heavy atom. The first-order valence-corrected chi connectivity index (χ1v) is 9.89. The lowest BCUT2D eigenvalue weighted by atomic mass is 9.81. The quantitative estimate of drug-likeness (QED) is 0.740. The number of hydrogen-bond acceptors (Lipinski definition) is 3. The fourth-order valence-corrected chi connectivity index (χ4v) is 4.20. The summed E-state index contributed by atoms with van der Waals surface area (Å²) < 4.78 is 0.926. The van der Waals surface area contributed by atoms with Gasteiger partial charge in [0.25, 0.3) is 5.91 Å². The van der Waals surface area contributed by atoms with E-state index in [0.29, 0.717) is 16.9 Å². The highest BCUT2D eigenvalue weighted by Gasteiger charge is 2.48. The number of anilines is 2. The van der Waals surface area contributed by atoms with Gasteiger partial charge >= 0.3 is 0 Å². The molecule has 2 aliphatic rings. The van der Waals surface area contributed by atoms with Gasteiger partial charge in [0.1, 0.15) is 0 Å². The third kappa shape index (κ3) is 3.41. The number of carbonyl (C=O) groups is 3. The van der Waals surface area contributed by atoms with Crippen LogP contribution in [0.15, 0.2) is 53.0 Å². The summed E-state index contributed by atoms with van der Waals surface area (Å²) in [5, 5.41) is 2.83. The first kappa shape index (κ1) is 17.9. The smallest absolute Gasteiger partial charge is 0.255 e. The Morgan fingerprint density at radius 3 is 2.22 bits per heavy atom. The molecule has 0 aromatic heterocycles. The van der Waals surface area contributed by atoms with Gasteiger partial charge in [-0.2, -0.15) is 0 Å². The second-order valence-corrected chi connectivity index (χ2v) is 7.94. The van der Waals surface area contributed by atoms with Crippen molar-refractivity contribution in [3.05, 3.63) is 58.6 Å². The second kappa shape index (κ2) is 7.27. The van der Waals surface area contributed by atoms with Crippen LogP contribution in [0.2, 0.25) is 0 Å². The molecule has 0 bridgehead atoms. The van der Waals surface area contributed by atoms with Crippen molar-refractivity contribution in [1.82, 2.24) is 0 Å². The van der Waals surface area contributed by atoms with Crippen molar-refractivity contribution in [2.75, 3.05) is 10.2 Å². The van der Waals surface area contributed by atoms with Crippen molar-refractivity contribution in [3.8, 4) is 0 Å². The second-order valence-electron chi connectivity index (χ2n) is 7.02. The fraction of sp³-hybridized carbons (Fsp3) is 0.286. The van der Waals surface area contributed by atoms with Crippen LogP contribution in [0, 0.1) is 11.8 Å². The van der Waals surface area contributed by atoms with Crippen molar-refractivity contribution in [1.29, 1.82) is 0 Å². The normalized spacial score (nSPS) is 21.9. The van der Waals surface area contributed by atoms with Crippen LogP contribution in [0.1, 0.15) is 36.0 Å². The number of imide groups is 1. The highest BCUT2D eigenvalue weighted by Crippen LogP contribution is 2.40. The molecule has 1 heterocycles. The molecule has 0 spiro atoms. The van der Waals surface area contributed by atoms with E-state index in [1.54, 1.807) is 36.4 Å². The molecule has 1 N–H and O–H groups in total. The Labute approximate surface area is 165 Å². The van der Waals surface area contributed by atoms with E-state index in [1.165, 1.54) is 4.90 Å². The Morgan fingerprint density at radius 1 is 0.963 bits per heavy atom. The minimum Gasteiger partial charge on any atom is -0.322 e. The van der Waals surface area contributed by atoms with Crippen molar-refractivity contribution < 1.29 is 14.4 Å². The van der Waals surface area contributed by atoms with Gasteiger partial charge < -0.3 is 5.32 Å². The molecule has 1 aliphatic carbocycles. The maximum absolute atomic E-state index is 12.8. The SMILES string of the molecule is O=C(Nc1ccc(Br)cc1)c1cccc(N2C(=O)[C@@H]3CCCC[C@H]3C2=O)c1. The predicted octanol–water partition coefficient (Wildman–Crippen LogP) is 4.38. The molecule has 2 aromatic rings. The van der Waals surface area contributed by atoms with E-state index >= 15 is 0 Å². The molecule has 2 aromatic carbocycles. The summed E-state index contributed by atoms with van der Waals surface area (Å²) in [4.78, 5) is 39.4. The number of rotatable bonds is 3. The molecule has 1 aliphatic heterocycles. The standard InChI is InChI=1S/C21H19BrN2O3/c22-14-8-10-15(11-9-14)23-19(25)13-4-3-5-16(12-13)24-20(26)17-6-1-2-7-18(17)21(24)27/h3-5,8-12,17-18H,1-2,6-7H2,(H,23,25)/t17-,18-/m1/s1. The summed E-state index contributed by atoms with van der Waals surface area (Å²) in [6.45, 7) is 0. The minimum absolute atomic E-state index is 0.129. The summed E-state index contributed by atoms with van der Waals surface area (Å²) in [5.74, 6) is -0.945. The lowest BCUT2D eigenvalue weighted by molar-refractivity contribution is -0.122. The highest BCUT2D eigenvalue weighted by atomic mass is 79.9. The molecule has 2 atom stereocenters. The van der Waals surface area contributed by atoms with Gasteiger partial charge in [0.2, 0.25) is 11.8 Å². The fourth-order valence-electron chi connectivity index (χ4n) is 3.94. The largest absolute Gasteiger partial charge is 0.322 e. The zero-order valence-corrected chi connectivity index (χ0v) is 16.2. The topological polar surface area (TPSA) is 66.5 Å². The Kier molecular flexibility index (Phi) is 4.83. The molecule has 5 nitrogen and oxygen atoms in total. The third-order valence-corrected chi connectivity index (χ3v) is 5.84. The van der Waals surface area contributed by atoms with Crippen LogP contribution in [0.25, 0.3) is 0 Å². The van der Waals surface area contributed by atoms with Crippen molar-refractivity contribution >= 4 is 45.0 Å². The number of amides is 3. The zero-order valence-electron chi connectivity index (χ0n) is 14.7. The zero-order chi connectivity index (χ0) is 19.0. The molecule has 1 saturated heterocycles. The van der Waals surface area contributed by atoms with Crippen LogP contribution in [0.3, 0.4) is 0 Å². The number of hydrogen-bond donors (Lipinski definition) is 1. The Bertz CT molecular complexity index is 886. The van der Waals surface area contributed by atoms with Crippen LogP contribution in [-0.4, -0.2) is 17.7 Å². The number of carbonyl (C=O) groups excluding carboxylic acids is 3. The highest BCUT2D eigenvalue weighted by molar-refractivity contribution is 9.10. The van der Waals surface area contributed by atoms with Crippen LogP contribution >= 0.6 is 15.9 Å². The Balaban J connectivity index is 1.57. The maximum Gasteiger partial charge on any atom is 0.255 e. The molecule has 27 heavy (non-hydrogen) atoms. The molecule has 4 rings (SSSR count). The summed E-state index contributed by atoms with van der Waals surface area (Å²) in [6, 6.07) is 14.0. The summed E-state index contributed by atoms with van der Waals surface area (Å²) >= 11 is 3.36. The van der Waals surface area contributed by atoms with Crippen LogP contribution < -0.4 is 10.2 Å². The van der Waals surface area contributed by atoms with E-state index in [9.17, 15) is 14.4 Å². The first-order chi connectivity index (χ1) is 13.0. The van der Waals surface area contributed by atoms with E-state index in [4.69, 9.17) is 0 Å². The number of benzene rings is 2. The monoisotopic (exact) mass is 426 g/mol. The minimum atomic E-state index is -0.282. The van der Waals surface area contributed by atoms with Gasteiger partial charge in [-0.05, 0) is 55.3 Å². The molecule has 0 unspecified atom stereocenters. The molecule has 1 saturated carbocycles. The average Bonchev–Trinajstić information content (AvgIpc) is 2.95. The van der Waals surface area contributed by atoms with Gasteiger partial charge in [-0.15, -0.1) is 0 Å². The van der Waals surface area contributed by atoms with Gasteiger partial charge in [-0.25, -0.2) is 0 Å². The molecule has 138 valence electrons. The summed E-state index contributed by atoms with van der Waals surface area (Å²) in [6.07, 6.45) is 3.53. The van der Waals surface area contributed by atoms with Gasteiger partial charge in [0.15, 0.2) is 0 Å². The van der Waals surface area contributed by atoms with E-state index in [0.717, 1.165) is 30.2 Å². The number of nitrogens with one attached hydrogen (secondary N) is 1. The molecule has 2 fully saturated rings. The van der Waals surface area contributed by atoms with E-state index in [1.807, 2.05) is 12.1 Å². The molecular weight excluding hydrogens is 408 g/mol. The lowest BCUT2D eigenvalue weighted by Crippen LogP contribution is -2.31. The van der Waals surface area contributed by atoms with Gasteiger partial charge in [-0.1, -0.05) is 34.8 Å². The number of halogens is 1. The van der Waals surface area contributed by atoms with Crippen LogP contribution in [-0.2, 0) is 9.59 Å². The van der Waals surface area contributed by atoms with Gasteiger partial charge in [-0.3, -0.25) is 19.3 Å². The molecule has 6 heteroatoms.